The highest BCUT2D eigenvalue weighted by molar-refractivity contribution is 14.1. The van der Waals surface area contributed by atoms with E-state index in [4.69, 9.17) is 0 Å². The molecule has 0 spiro atoms. The highest BCUT2D eigenvalue weighted by Gasteiger charge is 2.02. The van der Waals surface area contributed by atoms with Crippen molar-refractivity contribution in [2.75, 3.05) is 11.9 Å². The van der Waals surface area contributed by atoms with Crippen LogP contribution in [0.4, 0.5) is 5.69 Å². The molecule has 0 heterocycles. The van der Waals surface area contributed by atoms with Gasteiger partial charge in [0.05, 0.1) is 12.3 Å². The van der Waals surface area contributed by atoms with Crippen LogP contribution in [0.15, 0.2) is 36.4 Å². The van der Waals surface area contributed by atoms with Gasteiger partial charge in [-0.2, -0.15) is 0 Å². The van der Waals surface area contributed by atoms with Gasteiger partial charge in [-0.05, 0) is 41.6 Å². The Bertz CT molecular complexity index is 443. The molecule has 0 bridgehead atoms. The Morgan fingerprint density at radius 3 is 2.71 bits per heavy atom. The Hall–Kier alpha value is -1.37. The third-order valence-electron chi connectivity index (χ3n) is 1.79. The summed E-state index contributed by atoms with van der Waals surface area (Å²) in [7, 11) is 0. The van der Waals surface area contributed by atoms with E-state index >= 15 is 0 Å². The Kier molecular flexibility index (Phi) is 5.68. The van der Waals surface area contributed by atoms with Crippen molar-refractivity contribution in [2.24, 2.45) is 0 Å². The summed E-state index contributed by atoms with van der Waals surface area (Å²) in [4.78, 5) is 22.4. The molecule has 0 saturated carbocycles. The van der Waals surface area contributed by atoms with E-state index in [1.165, 1.54) is 0 Å². The molecular weight excluding hydrogens is 333 g/mol. The number of hydrogen-bond donors (Lipinski definition) is 1. The van der Waals surface area contributed by atoms with Crippen molar-refractivity contribution in [3.63, 3.8) is 0 Å². The number of carbonyl (C=O) groups is 2. The monoisotopic (exact) mass is 345 g/mol. The Labute approximate surface area is 113 Å². The van der Waals surface area contributed by atoms with E-state index in [2.05, 4.69) is 32.6 Å². The number of halogens is 1. The molecule has 90 valence electrons. The van der Waals surface area contributed by atoms with Gasteiger partial charge in [-0.15, -0.1) is 0 Å². The van der Waals surface area contributed by atoms with Gasteiger partial charge in [-0.25, -0.2) is 4.79 Å². The van der Waals surface area contributed by atoms with E-state index in [0.29, 0.717) is 12.3 Å². The molecule has 0 atom stereocenters. The first-order valence-electron chi connectivity index (χ1n) is 5.04. The van der Waals surface area contributed by atoms with Crippen LogP contribution in [0.1, 0.15) is 6.92 Å². The van der Waals surface area contributed by atoms with Gasteiger partial charge in [-0.3, -0.25) is 4.79 Å². The highest BCUT2D eigenvalue weighted by Crippen LogP contribution is 2.16. The maximum absolute atomic E-state index is 11.5. The largest absolute Gasteiger partial charge is 0.463 e. The minimum absolute atomic E-state index is 0.293. The molecule has 17 heavy (non-hydrogen) atoms. The van der Waals surface area contributed by atoms with Gasteiger partial charge in [0.1, 0.15) is 0 Å². The van der Waals surface area contributed by atoms with E-state index in [1.54, 1.807) is 13.0 Å². The van der Waals surface area contributed by atoms with Gasteiger partial charge < -0.3 is 10.1 Å². The standard InChI is InChI=1S/C12H12INO3/c1-2-17-12(16)8-7-11(15)14-10-6-4-3-5-9(10)13/h3-8H,2H2,1H3,(H,14,15)/b8-7+. The molecule has 1 aromatic rings. The highest BCUT2D eigenvalue weighted by atomic mass is 127. The maximum Gasteiger partial charge on any atom is 0.330 e. The van der Waals surface area contributed by atoms with Crippen molar-refractivity contribution in [1.82, 2.24) is 0 Å². The Morgan fingerprint density at radius 1 is 1.35 bits per heavy atom. The first-order valence-corrected chi connectivity index (χ1v) is 6.11. The van der Waals surface area contributed by atoms with E-state index in [1.807, 2.05) is 18.2 Å². The fourth-order valence-corrected chi connectivity index (χ4v) is 1.59. The van der Waals surface area contributed by atoms with Crippen LogP contribution in [0.2, 0.25) is 0 Å². The lowest BCUT2D eigenvalue weighted by Gasteiger charge is -2.03. The SMILES string of the molecule is CCOC(=O)/C=C/C(=O)Nc1ccccc1I. The molecule has 0 unspecified atom stereocenters. The average molecular weight is 345 g/mol. The van der Waals surface area contributed by atoms with Crippen molar-refractivity contribution < 1.29 is 14.3 Å². The summed E-state index contributed by atoms with van der Waals surface area (Å²) in [5, 5.41) is 2.67. The van der Waals surface area contributed by atoms with Crippen molar-refractivity contribution in [3.8, 4) is 0 Å². The number of rotatable bonds is 4. The maximum atomic E-state index is 11.5. The Balaban J connectivity index is 2.56. The van der Waals surface area contributed by atoms with Crippen LogP contribution in [0.3, 0.4) is 0 Å². The van der Waals surface area contributed by atoms with Gasteiger partial charge in [0.15, 0.2) is 0 Å². The van der Waals surface area contributed by atoms with Crippen LogP contribution < -0.4 is 5.32 Å². The lowest BCUT2D eigenvalue weighted by Crippen LogP contribution is -2.10. The van der Waals surface area contributed by atoms with Gasteiger partial charge in [-0.1, -0.05) is 12.1 Å². The van der Waals surface area contributed by atoms with Crippen molar-refractivity contribution >= 4 is 40.2 Å². The number of benzene rings is 1. The number of nitrogens with one attached hydrogen (secondary N) is 1. The van der Waals surface area contributed by atoms with Crippen LogP contribution in [-0.2, 0) is 14.3 Å². The average Bonchev–Trinajstić information content (AvgIpc) is 2.30. The van der Waals surface area contributed by atoms with Crippen LogP contribution in [0.5, 0.6) is 0 Å². The molecule has 1 amide bonds. The van der Waals surface area contributed by atoms with E-state index < -0.39 is 5.97 Å². The lowest BCUT2D eigenvalue weighted by molar-refractivity contribution is -0.137. The topological polar surface area (TPSA) is 55.4 Å². The molecule has 1 rings (SSSR count). The second-order valence-electron chi connectivity index (χ2n) is 3.05. The summed E-state index contributed by atoms with van der Waals surface area (Å²) in [5.41, 5.74) is 0.714. The smallest absolute Gasteiger partial charge is 0.330 e. The zero-order chi connectivity index (χ0) is 12.7. The van der Waals surface area contributed by atoms with E-state index in [9.17, 15) is 9.59 Å². The van der Waals surface area contributed by atoms with Gasteiger partial charge in [0.2, 0.25) is 5.91 Å². The first-order chi connectivity index (χ1) is 8.13. The summed E-state index contributed by atoms with van der Waals surface area (Å²) in [6.45, 7) is 2.00. The normalized spacial score (nSPS) is 10.2. The summed E-state index contributed by atoms with van der Waals surface area (Å²) < 4.78 is 5.59. The number of para-hydroxylation sites is 1. The second kappa shape index (κ2) is 7.05. The molecule has 0 aromatic heterocycles. The molecule has 1 aromatic carbocycles. The molecule has 0 radical (unpaired) electrons. The third-order valence-corrected chi connectivity index (χ3v) is 2.73. The number of carbonyl (C=O) groups excluding carboxylic acids is 2. The van der Waals surface area contributed by atoms with E-state index in [0.717, 1.165) is 15.7 Å². The molecule has 0 fully saturated rings. The second-order valence-corrected chi connectivity index (χ2v) is 4.22. The van der Waals surface area contributed by atoms with Crippen molar-refractivity contribution in [3.05, 3.63) is 40.0 Å². The first kappa shape index (κ1) is 13.7. The zero-order valence-electron chi connectivity index (χ0n) is 9.27. The lowest BCUT2D eigenvalue weighted by atomic mass is 10.3. The van der Waals surface area contributed by atoms with Gasteiger partial charge in [0.25, 0.3) is 0 Å². The predicted octanol–water partition coefficient (Wildman–Crippen LogP) is 2.35. The molecule has 0 aliphatic heterocycles. The summed E-state index contributed by atoms with van der Waals surface area (Å²) in [6.07, 6.45) is 2.26. The zero-order valence-corrected chi connectivity index (χ0v) is 11.4. The number of ether oxygens (including phenoxy) is 1. The molecular formula is C12H12INO3. The third kappa shape index (κ3) is 4.99. The molecule has 1 N–H and O–H groups in total. The quantitative estimate of drug-likeness (QED) is 0.518. The Morgan fingerprint density at radius 2 is 2.06 bits per heavy atom. The van der Waals surface area contributed by atoms with Gasteiger partial charge >= 0.3 is 5.97 Å². The molecule has 0 aliphatic carbocycles. The van der Waals surface area contributed by atoms with Crippen LogP contribution in [-0.4, -0.2) is 18.5 Å². The molecule has 5 heteroatoms. The number of amides is 1. The van der Waals surface area contributed by atoms with Crippen LogP contribution >= 0.6 is 22.6 Å². The predicted molar refractivity (Wildman–Crippen MR) is 73.6 cm³/mol. The summed E-state index contributed by atoms with van der Waals surface area (Å²) >= 11 is 2.12. The summed E-state index contributed by atoms with van der Waals surface area (Å²) in [6, 6.07) is 7.38. The summed E-state index contributed by atoms with van der Waals surface area (Å²) in [5.74, 6) is -0.882. The minimum atomic E-state index is -0.523. The fraction of sp³-hybridized carbons (Fsp3) is 0.167. The number of hydrogen-bond acceptors (Lipinski definition) is 3. The number of esters is 1. The van der Waals surface area contributed by atoms with Crippen LogP contribution in [0.25, 0.3) is 0 Å². The van der Waals surface area contributed by atoms with E-state index in [-0.39, 0.29) is 5.91 Å². The molecule has 0 saturated heterocycles. The van der Waals surface area contributed by atoms with Crippen molar-refractivity contribution in [2.45, 2.75) is 6.92 Å². The fourth-order valence-electron chi connectivity index (χ4n) is 1.07. The molecule has 4 nitrogen and oxygen atoms in total. The van der Waals surface area contributed by atoms with Gasteiger partial charge in [0, 0.05) is 15.7 Å². The number of anilines is 1. The minimum Gasteiger partial charge on any atom is -0.463 e. The molecule has 0 aliphatic rings. The van der Waals surface area contributed by atoms with Crippen molar-refractivity contribution in [1.29, 1.82) is 0 Å². The van der Waals surface area contributed by atoms with Crippen LogP contribution in [0, 0.1) is 3.57 Å².